The third-order valence-electron chi connectivity index (χ3n) is 6.66. The van der Waals surface area contributed by atoms with E-state index in [1.165, 1.54) is 6.92 Å². The smallest absolute Gasteiger partial charge is 0.276 e. The SMILES string of the molecule is CC(=O)CCC(=O)B(c1ccc(CO)cc1)C(c1ccccc1)(c1ccccc1)c1ccccc1. The van der Waals surface area contributed by atoms with Gasteiger partial charge in [-0.25, -0.2) is 0 Å². The predicted molar refractivity (Wildman–Crippen MR) is 142 cm³/mol. The molecule has 4 rings (SSSR count). The van der Waals surface area contributed by atoms with Crippen molar-refractivity contribution >= 4 is 23.6 Å². The van der Waals surface area contributed by atoms with E-state index in [1.807, 2.05) is 78.9 Å². The van der Waals surface area contributed by atoms with Gasteiger partial charge in [0.15, 0.2) is 0 Å². The lowest BCUT2D eigenvalue weighted by molar-refractivity contribution is -0.120. The monoisotopic (exact) mass is 460 g/mol. The number of aliphatic hydroxyl groups excluding tert-OH is 1. The van der Waals surface area contributed by atoms with Crippen molar-refractivity contribution in [2.24, 2.45) is 0 Å². The number of hydrogen-bond acceptors (Lipinski definition) is 3. The number of Topliss-reactive ketones (excluding diaryl/α,β-unsaturated/α-hetero) is 1. The normalized spacial score (nSPS) is 11.1. The molecule has 0 radical (unpaired) electrons. The van der Waals surface area contributed by atoms with Gasteiger partial charge in [-0.3, -0.25) is 0 Å². The third kappa shape index (κ3) is 5.03. The van der Waals surface area contributed by atoms with Crippen LogP contribution in [0.25, 0.3) is 0 Å². The molecule has 0 aliphatic heterocycles. The lowest BCUT2D eigenvalue weighted by atomic mass is 9.23. The van der Waals surface area contributed by atoms with E-state index >= 15 is 0 Å². The van der Waals surface area contributed by atoms with Crippen molar-refractivity contribution in [3.8, 4) is 0 Å². The predicted octanol–water partition coefficient (Wildman–Crippen LogP) is 4.93. The van der Waals surface area contributed by atoms with Crippen LogP contribution in [0.15, 0.2) is 115 Å². The van der Waals surface area contributed by atoms with Crippen molar-refractivity contribution in [3.05, 3.63) is 138 Å². The highest BCUT2D eigenvalue weighted by Gasteiger charge is 2.50. The number of aliphatic hydroxyl groups is 1. The Morgan fingerprint density at radius 3 is 1.46 bits per heavy atom. The summed E-state index contributed by atoms with van der Waals surface area (Å²) in [6, 6.07) is 38.0. The van der Waals surface area contributed by atoms with Crippen LogP contribution in [-0.4, -0.2) is 23.3 Å². The van der Waals surface area contributed by atoms with E-state index in [0.29, 0.717) is 0 Å². The molecule has 4 aromatic rings. The molecule has 0 saturated heterocycles. The van der Waals surface area contributed by atoms with Crippen LogP contribution < -0.4 is 5.46 Å². The Morgan fingerprint density at radius 1 is 0.657 bits per heavy atom. The number of benzene rings is 4. The summed E-state index contributed by atoms with van der Waals surface area (Å²) in [5, 5.41) is 8.79. The van der Waals surface area contributed by atoms with Crippen LogP contribution in [0.3, 0.4) is 0 Å². The molecule has 0 saturated carbocycles. The first-order valence-electron chi connectivity index (χ1n) is 12.0. The summed E-state index contributed by atoms with van der Waals surface area (Å²) >= 11 is 0. The summed E-state index contributed by atoms with van der Waals surface area (Å²) in [4.78, 5) is 26.0. The topological polar surface area (TPSA) is 54.4 Å². The largest absolute Gasteiger partial charge is 0.392 e. The van der Waals surface area contributed by atoms with Crippen molar-refractivity contribution in [1.82, 2.24) is 0 Å². The number of ketones is 1. The van der Waals surface area contributed by atoms with Gasteiger partial charge in [0.05, 0.1) is 6.61 Å². The maximum Gasteiger partial charge on any atom is 0.276 e. The average molecular weight is 460 g/mol. The number of carbonyl (C=O) groups excluding carboxylic acids is 2. The molecule has 0 fully saturated rings. The maximum absolute atomic E-state index is 14.2. The number of hydrogen-bond donors (Lipinski definition) is 1. The van der Waals surface area contributed by atoms with E-state index < -0.39 is 12.0 Å². The molecule has 0 spiro atoms. The molecule has 0 aliphatic carbocycles. The van der Waals surface area contributed by atoms with Crippen LogP contribution in [-0.2, 0) is 21.5 Å². The second-order valence-electron chi connectivity index (χ2n) is 8.91. The fraction of sp³-hybridized carbons (Fsp3) is 0.161. The van der Waals surface area contributed by atoms with Gasteiger partial charge in [0.1, 0.15) is 11.5 Å². The zero-order valence-electron chi connectivity index (χ0n) is 19.9. The molecular weight excluding hydrogens is 431 g/mol. The minimum absolute atomic E-state index is 0.00235. The summed E-state index contributed by atoms with van der Waals surface area (Å²) in [5.74, 6) is -0.00235. The number of carbonyl (C=O) groups is 2. The lowest BCUT2D eigenvalue weighted by Gasteiger charge is -2.40. The van der Waals surface area contributed by atoms with Crippen molar-refractivity contribution in [1.29, 1.82) is 0 Å². The van der Waals surface area contributed by atoms with E-state index in [1.54, 1.807) is 0 Å². The molecule has 0 aliphatic rings. The highest BCUT2D eigenvalue weighted by atomic mass is 16.3. The van der Waals surface area contributed by atoms with E-state index in [-0.39, 0.29) is 30.9 Å². The Balaban J connectivity index is 2.08. The van der Waals surface area contributed by atoms with E-state index in [4.69, 9.17) is 0 Å². The van der Waals surface area contributed by atoms with E-state index in [2.05, 4.69) is 36.4 Å². The highest BCUT2D eigenvalue weighted by molar-refractivity contribution is 7.02. The van der Waals surface area contributed by atoms with Crippen molar-refractivity contribution in [2.45, 2.75) is 31.7 Å². The minimum atomic E-state index is -0.821. The van der Waals surface area contributed by atoms with Crippen LogP contribution in [0.1, 0.15) is 42.0 Å². The average Bonchev–Trinajstić information content (AvgIpc) is 2.92. The first-order valence-corrected chi connectivity index (χ1v) is 12.0. The summed E-state index contributed by atoms with van der Waals surface area (Å²) in [5.41, 5.74) is 4.66. The minimum Gasteiger partial charge on any atom is -0.392 e. The molecule has 4 heteroatoms. The van der Waals surface area contributed by atoms with Crippen LogP contribution in [0.4, 0.5) is 0 Å². The quantitative estimate of drug-likeness (QED) is 0.270. The number of rotatable bonds is 10. The summed E-state index contributed by atoms with van der Waals surface area (Å²) in [6.07, 6.45) is 0.370. The molecule has 0 amide bonds. The molecule has 3 nitrogen and oxygen atoms in total. The Labute approximate surface area is 207 Å². The maximum atomic E-state index is 14.2. The highest BCUT2D eigenvalue weighted by Crippen LogP contribution is 2.42. The Kier molecular flexibility index (Phi) is 7.74. The molecule has 35 heavy (non-hydrogen) atoms. The second kappa shape index (κ2) is 11.1. The van der Waals surface area contributed by atoms with E-state index in [0.717, 1.165) is 27.7 Å². The zero-order valence-corrected chi connectivity index (χ0v) is 19.9. The van der Waals surface area contributed by atoms with E-state index in [9.17, 15) is 14.7 Å². The van der Waals surface area contributed by atoms with Crippen LogP contribution in [0.5, 0.6) is 0 Å². The van der Waals surface area contributed by atoms with Gasteiger partial charge < -0.3 is 14.7 Å². The first kappa shape index (κ1) is 24.4. The van der Waals surface area contributed by atoms with Crippen LogP contribution >= 0.6 is 0 Å². The summed E-state index contributed by atoms with van der Waals surface area (Å²) < 4.78 is 0. The molecule has 0 bridgehead atoms. The van der Waals surface area contributed by atoms with Gasteiger partial charge in [0.2, 0.25) is 0 Å². The standard InChI is InChI=1S/C31H29BO3/c1-24(34)17-22-30(35)32(29-20-18-25(23-33)19-21-29)31(26-11-5-2-6-12-26,27-13-7-3-8-14-27)28-15-9-4-10-16-28/h2-16,18-21,33H,17,22-23H2,1H3. The van der Waals surface area contributed by atoms with Gasteiger partial charge >= 0.3 is 0 Å². The zero-order chi connectivity index (χ0) is 24.7. The van der Waals surface area contributed by atoms with Gasteiger partial charge in [0, 0.05) is 18.2 Å². The fourth-order valence-electron chi connectivity index (χ4n) is 5.04. The van der Waals surface area contributed by atoms with Gasteiger partial charge in [0.25, 0.3) is 6.71 Å². The molecule has 0 unspecified atom stereocenters. The second-order valence-corrected chi connectivity index (χ2v) is 8.91. The summed E-state index contributed by atoms with van der Waals surface area (Å²) in [6.45, 7) is 0.878. The van der Waals surface area contributed by atoms with Crippen LogP contribution in [0.2, 0.25) is 0 Å². The first-order chi connectivity index (χ1) is 17.1. The van der Waals surface area contributed by atoms with Gasteiger partial charge in [-0.05, 0) is 29.2 Å². The molecule has 0 aromatic heterocycles. The van der Waals surface area contributed by atoms with Gasteiger partial charge in [-0.2, -0.15) is 0 Å². The third-order valence-corrected chi connectivity index (χ3v) is 6.66. The lowest BCUT2D eigenvalue weighted by Crippen LogP contribution is -2.57. The van der Waals surface area contributed by atoms with Gasteiger partial charge in [-0.1, -0.05) is 121 Å². The molecule has 0 heterocycles. The fourth-order valence-corrected chi connectivity index (χ4v) is 5.04. The molecular formula is C31H29BO3. The van der Waals surface area contributed by atoms with Crippen molar-refractivity contribution < 1.29 is 14.7 Å². The molecule has 1 N–H and O–H groups in total. The summed E-state index contributed by atoms with van der Waals surface area (Å²) in [7, 11) is 0. The molecule has 174 valence electrons. The van der Waals surface area contributed by atoms with Gasteiger partial charge in [-0.15, -0.1) is 0 Å². The Morgan fingerprint density at radius 2 is 1.09 bits per heavy atom. The van der Waals surface area contributed by atoms with Crippen LogP contribution in [0, 0.1) is 0 Å². The van der Waals surface area contributed by atoms with Crippen molar-refractivity contribution in [2.75, 3.05) is 0 Å². The Bertz CT molecular complexity index is 1160. The Hall–Kier alpha value is -3.76. The molecule has 4 aromatic carbocycles. The molecule has 0 atom stereocenters. The van der Waals surface area contributed by atoms with Crippen molar-refractivity contribution in [3.63, 3.8) is 0 Å².